The second-order valence-corrected chi connectivity index (χ2v) is 5.43. The molecular formula is C13H21N5O8. The van der Waals surface area contributed by atoms with Crippen molar-refractivity contribution in [2.75, 3.05) is 6.61 Å². The second kappa shape index (κ2) is 9.65. The summed E-state index contributed by atoms with van der Waals surface area (Å²) in [5.41, 5.74) is 5.67. The quantitative estimate of drug-likeness (QED) is 0.239. The standard InChI is InChI=1S/C13H21N5O8/c1-5(20)9(14)10-17-11(26-18-10)6(2-3-8(21)22)15-13(25)16-7(4-19)12(23)24/h5-7,9,19-20H,2-4,14H2,1H3,(H,21,22)(H,23,24)(H2,15,16,25)/t5?,6-,7-,9?/m0/s1. The number of carboxylic acids is 2. The molecule has 13 heteroatoms. The summed E-state index contributed by atoms with van der Waals surface area (Å²) >= 11 is 0. The molecule has 1 aromatic rings. The predicted molar refractivity (Wildman–Crippen MR) is 82.7 cm³/mol. The summed E-state index contributed by atoms with van der Waals surface area (Å²) in [4.78, 5) is 37.4. The molecule has 4 atom stereocenters. The number of nitrogens with two attached hydrogens (primary N) is 1. The summed E-state index contributed by atoms with van der Waals surface area (Å²) in [7, 11) is 0. The molecule has 0 aliphatic heterocycles. The van der Waals surface area contributed by atoms with Crippen molar-refractivity contribution in [2.24, 2.45) is 5.73 Å². The predicted octanol–water partition coefficient (Wildman–Crippen LogP) is -1.90. The molecule has 13 nitrogen and oxygen atoms in total. The first-order valence-electron chi connectivity index (χ1n) is 7.55. The smallest absolute Gasteiger partial charge is 0.328 e. The van der Waals surface area contributed by atoms with Crippen LogP contribution in [0.5, 0.6) is 0 Å². The molecule has 1 rings (SSSR count). The molecule has 2 unspecified atom stereocenters. The molecule has 1 heterocycles. The molecule has 0 aliphatic carbocycles. The van der Waals surface area contributed by atoms with Crippen LogP contribution in [0.1, 0.15) is 43.6 Å². The first kappa shape index (κ1) is 21.3. The van der Waals surface area contributed by atoms with Crippen LogP contribution in [0.25, 0.3) is 0 Å². The molecule has 0 saturated heterocycles. The Morgan fingerprint density at radius 1 is 1.27 bits per heavy atom. The lowest BCUT2D eigenvalue weighted by molar-refractivity contribution is -0.140. The average molecular weight is 375 g/mol. The van der Waals surface area contributed by atoms with Gasteiger partial charge in [-0.25, -0.2) is 9.59 Å². The summed E-state index contributed by atoms with van der Waals surface area (Å²) in [6.07, 6.45) is -1.46. The van der Waals surface area contributed by atoms with Crippen molar-refractivity contribution in [3.05, 3.63) is 11.7 Å². The molecule has 2 amide bonds. The van der Waals surface area contributed by atoms with Gasteiger partial charge in [-0.15, -0.1) is 0 Å². The van der Waals surface area contributed by atoms with E-state index in [9.17, 15) is 19.5 Å². The van der Waals surface area contributed by atoms with E-state index in [0.717, 1.165) is 0 Å². The highest BCUT2D eigenvalue weighted by Crippen LogP contribution is 2.19. The largest absolute Gasteiger partial charge is 0.481 e. The first-order chi connectivity index (χ1) is 12.1. The highest BCUT2D eigenvalue weighted by Gasteiger charge is 2.27. The maximum absolute atomic E-state index is 11.9. The van der Waals surface area contributed by atoms with Gasteiger partial charge in [0.2, 0.25) is 5.89 Å². The number of nitrogens with zero attached hydrogens (tertiary/aromatic N) is 2. The summed E-state index contributed by atoms with van der Waals surface area (Å²) in [6, 6.07) is -4.53. The normalized spacial score (nSPS) is 15.5. The number of carboxylic acid groups (broad SMARTS) is 2. The Morgan fingerprint density at radius 2 is 1.92 bits per heavy atom. The third kappa shape index (κ3) is 6.27. The van der Waals surface area contributed by atoms with Crippen LogP contribution in [-0.2, 0) is 9.59 Å². The van der Waals surface area contributed by atoms with Crippen molar-refractivity contribution >= 4 is 18.0 Å². The van der Waals surface area contributed by atoms with Crippen molar-refractivity contribution < 1.29 is 39.3 Å². The number of hydrogen-bond donors (Lipinski definition) is 7. The van der Waals surface area contributed by atoms with Crippen LogP contribution in [-0.4, -0.2) is 67.3 Å². The zero-order valence-electron chi connectivity index (χ0n) is 13.8. The van der Waals surface area contributed by atoms with E-state index >= 15 is 0 Å². The van der Waals surface area contributed by atoms with Gasteiger partial charge in [0.05, 0.1) is 18.8 Å². The zero-order valence-corrected chi connectivity index (χ0v) is 13.8. The minimum Gasteiger partial charge on any atom is -0.481 e. The lowest BCUT2D eigenvalue weighted by Gasteiger charge is -2.17. The Morgan fingerprint density at radius 3 is 2.42 bits per heavy atom. The number of hydrogen-bond acceptors (Lipinski definition) is 9. The van der Waals surface area contributed by atoms with Gasteiger partial charge in [0.25, 0.3) is 0 Å². The molecule has 8 N–H and O–H groups in total. The first-order valence-corrected chi connectivity index (χ1v) is 7.55. The SMILES string of the molecule is CC(O)C(N)c1noc([C@H](CCC(=O)O)NC(=O)N[C@@H](CO)C(=O)O)n1. The molecule has 0 fully saturated rings. The van der Waals surface area contributed by atoms with Crippen molar-refractivity contribution in [1.29, 1.82) is 0 Å². The minimum atomic E-state index is -1.54. The van der Waals surface area contributed by atoms with Gasteiger partial charge in [0.1, 0.15) is 6.04 Å². The van der Waals surface area contributed by atoms with Gasteiger partial charge in [-0.05, 0) is 13.3 Å². The molecule has 0 aromatic carbocycles. The number of amides is 2. The van der Waals surface area contributed by atoms with E-state index < -0.39 is 48.8 Å². The Bertz CT molecular complexity index is 634. The van der Waals surface area contributed by atoms with Crippen LogP contribution < -0.4 is 16.4 Å². The summed E-state index contributed by atoms with van der Waals surface area (Å²) in [6.45, 7) is 0.575. The molecule has 0 saturated carbocycles. The molecule has 0 aliphatic rings. The van der Waals surface area contributed by atoms with Crippen LogP contribution in [0, 0.1) is 0 Å². The summed E-state index contributed by atoms with van der Waals surface area (Å²) in [5.74, 6) is -2.80. The maximum Gasteiger partial charge on any atom is 0.328 e. The molecule has 146 valence electrons. The number of rotatable bonds is 10. The van der Waals surface area contributed by atoms with Gasteiger partial charge in [0, 0.05) is 6.42 Å². The molecule has 0 radical (unpaired) electrons. The van der Waals surface area contributed by atoms with Crippen molar-refractivity contribution in [2.45, 2.75) is 44.0 Å². The van der Waals surface area contributed by atoms with Crippen molar-refractivity contribution in [3.8, 4) is 0 Å². The van der Waals surface area contributed by atoms with E-state index in [1.54, 1.807) is 0 Å². The maximum atomic E-state index is 11.9. The summed E-state index contributed by atoms with van der Waals surface area (Å²) in [5, 5.41) is 43.8. The van der Waals surface area contributed by atoms with Gasteiger partial charge in [-0.2, -0.15) is 4.98 Å². The monoisotopic (exact) mass is 375 g/mol. The number of nitrogens with one attached hydrogen (secondary N) is 2. The molecule has 0 bridgehead atoms. The van der Waals surface area contributed by atoms with Gasteiger partial charge in [-0.3, -0.25) is 4.79 Å². The van der Waals surface area contributed by atoms with Crippen molar-refractivity contribution in [1.82, 2.24) is 20.8 Å². The van der Waals surface area contributed by atoms with E-state index in [1.807, 2.05) is 5.32 Å². The van der Waals surface area contributed by atoms with Crippen LogP contribution >= 0.6 is 0 Å². The third-order valence-electron chi connectivity index (χ3n) is 3.31. The van der Waals surface area contributed by atoms with E-state index in [2.05, 4.69) is 15.5 Å². The number of aliphatic hydroxyl groups is 2. The average Bonchev–Trinajstić information content (AvgIpc) is 3.04. The number of carbonyl (C=O) groups excluding carboxylic acids is 1. The lowest BCUT2D eigenvalue weighted by Crippen LogP contribution is -2.48. The van der Waals surface area contributed by atoms with Gasteiger partial charge in [0.15, 0.2) is 11.9 Å². The molecule has 1 aromatic heterocycles. The number of aliphatic carboxylic acids is 2. The number of aromatic nitrogens is 2. The zero-order chi connectivity index (χ0) is 19.9. The van der Waals surface area contributed by atoms with E-state index in [1.165, 1.54) is 6.92 Å². The lowest BCUT2D eigenvalue weighted by atomic mass is 10.1. The fraction of sp³-hybridized carbons (Fsp3) is 0.615. The Kier molecular flexibility index (Phi) is 7.89. The van der Waals surface area contributed by atoms with Crippen LogP contribution in [0.4, 0.5) is 4.79 Å². The Labute approximate surface area is 147 Å². The topological polar surface area (TPSA) is 221 Å². The van der Waals surface area contributed by atoms with Crippen LogP contribution in [0.15, 0.2) is 4.52 Å². The Balaban J connectivity index is 2.89. The highest BCUT2D eigenvalue weighted by molar-refractivity contribution is 5.82. The van der Waals surface area contributed by atoms with Gasteiger partial charge < -0.3 is 41.3 Å². The van der Waals surface area contributed by atoms with Crippen LogP contribution in [0.2, 0.25) is 0 Å². The molecule has 26 heavy (non-hydrogen) atoms. The molecule has 0 spiro atoms. The van der Waals surface area contributed by atoms with Gasteiger partial charge in [-0.1, -0.05) is 5.16 Å². The number of urea groups is 1. The fourth-order valence-electron chi connectivity index (χ4n) is 1.81. The van der Waals surface area contributed by atoms with E-state index in [-0.39, 0.29) is 24.6 Å². The second-order valence-electron chi connectivity index (χ2n) is 5.43. The van der Waals surface area contributed by atoms with E-state index in [0.29, 0.717) is 0 Å². The van der Waals surface area contributed by atoms with E-state index in [4.69, 9.17) is 25.6 Å². The summed E-state index contributed by atoms with van der Waals surface area (Å²) < 4.78 is 4.96. The van der Waals surface area contributed by atoms with Crippen LogP contribution in [0.3, 0.4) is 0 Å². The fourth-order valence-corrected chi connectivity index (χ4v) is 1.81. The van der Waals surface area contributed by atoms with Crippen molar-refractivity contribution in [3.63, 3.8) is 0 Å². The van der Waals surface area contributed by atoms with Gasteiger partial charge >= 0.3 is 18.0 Å². The highest BCUT2D eigenvalue weighted by atomic mass is 16.5. The number of aliphatic hydroxyl groups excluding tert-OH is 2. The third-order valence-corrected chi connectivity index (χ3v) is 3.31. The minimum absolute atomic E-state index is 0.0451. The molecular weight excluding hydrogens is 354 g/mol. The Hall–Kier alpha value is -2.77. The number of carbonyl (C=O) groups is 3.